The maximum absolute atomic E-state index is 13.0. The van der Waals surface area contributed by atoms with Crippen molar-refractivity contribution in [2.75, 3.05) is 0 Å². The summed E-state index contributed by atoms with van der Waals surface area (Å²) in [5, 5.41) is 0.125. The SMILES string of the molecule is O=c1cc[nH]c2cccc(F)c12. The van der Waals surface area contributed by atoms with Crippen LogP contribution in [0.1, 0.15) is 0 Å². The van der Waals surface area contributed by atoms with E-state index in [0.717, 1.165) is 0 Å². The van der Waals surface area contributed by atoms with Crippen molar-refractivity contribution >= 4 is 10.9 Å². The van der Waals surface area contributed by atoms with Gasteiger partial charge in [0.25, 0.3) is 0 Å². The monoisotopic (exact) mass is 163 g/mol. The van der Waals surface area contributed by atoms with Gasteiger partial charge in [0.1, 0.15) is 5.82 Å². The molecule has 0 aliphatic rings. The van der Waals surface area contributed by atoms with Crippen LogP contribution in [-0.4, -0.2) is 4.98 Å². The molecule has 12 heavy (non-hydrogen) atoms. The lowest BCUT2D eigenvalue weighted by Gasteiger charge is -1.95. The van der Waals surface area contributed by atoms with Crippen LogP contribution in [0, 0.1) is 5.82 Å². The van der Waals surface area contributed by atoms with Gasteiger partial charge in [-0.15, -0.1) is 0 Å². The molecule has 2 rings (SSSR count). The Bertz CT molecular complexity index is 470. The molecule has 60 valence electrons. The molecule has 0 aliphatic heterocycles. The summed E-state index contributed by atoms with van der Waals surface area (Å²) < 4.78 is 13.0. The first-order valence-corrected chi connectivity index (χ1v) is 3.55. The van der Waals surface area contributed by atoms with Gasteiger partial charge in [-0.2, -0.15) is 0 Å². The minimum Gasteiger partial charge on any atom is -0.361 e. The number of hydrogen-bond acceptors (Lipinski definition) is 1. The quantitative estimate of drug-likeness (QED) is 0.629. The van der Waals surface area contributed by atoms with Crippen LogP contribution < -0.4 is 5.43 Å². The number of nitrogens with one attached hydrogen (secondary N) is 1. The zero-order valence-electron chi connectivity index (χ0n) is 6.17. The van der Waals surface area contributed by atoms with Crippen molar-refractivity contribution in [2.45, 2.75) is 0 Å². The van der Waals surface area contributed by atoms with Gasteiger partial charge in [0, 0.05) is 12.3 Å². The van der Waals surface area contributed by atoms with Gasteiger partial charge in [0.05, 0.1) is 10.9 Å². The van der Waals surface area contributed by atoms with E-state index in [0.29, 0.717) is 5.52 Å². The number of aromatic nitrogens is 1. The molecule has 0 spiro atoms. The smallest absolute Gasteiger partial charge is 0.192 e. The Labute approximate surface area is 67.7 Å². The molecular weight excluding hydrogens is 157 g/mol. The van der Waals surface area contributed by atoms with Crippen LogP contribution in [0.25, 0.3) is 10.9 Å². The van der Waals surface area contributed by atoms with Crippen LogP contribution in [0.2, 0.25) is 0 Å². The first kappa shape index (κ1) is 7.03. The van der Waals surface area contributed by atoms with Crippen LogP contribution >= 0.6 is 0 Å². The second-order valence-corrected chi connectivity index (χ2v) is 2.50. The number of fused-ring (bicyclic) bond motifs is 1. The molecule has 0 atom stereocenters. The van der Waals surface area contributed by atoms with E-state index in [2.05, 4.69) is 4.98 Å². The van der Waals surface area contributed by atoms with Gasteiger partial charge in [-0.1, -0.05) is 6.07 Å². The van der Waals surface area contributed by atoms with Crippen molar-refractivity contribution in [3.05, 3.63) is 46.5 Å². The molecule has 1 N–H and O–H groups in total. The van der Waals surface area contributed by atoms with Crippen molar-refractivity contribution in [1.82, 2.24) is 4.98 Å². The molecule has 3 heteroatoms. The van der Waals surface area contributed by atoms with Crippen molar-refractivity contribution in [3.63, 3.8) is 0 Å². The highest BCUT2D eigenvalue weighted by molar-refractivity contribution is 5.78. The first-order valence-electron chi connectivity index (χ1n) is 3.55. The molecule has 0 aliphatic carbocycles. The Kier molecular flexibility index (Phi) is 1.43. The maximum atomic E-state index is 13.0. The fourth-order valence-electron chi connectivity index (χ4n) is 1.19. The number of aromatic amines is 1. The molecule has 0 fully saturated rings. The van der Waals surface area contributed by atoms with E-state index >= 15 is 0 Å². The normalized spacial score (nSPS) is 10.4. The minimum atomic E-state index is -0.477. The number of H-pyrrole nitrogens is 1. The first-order chi connectivity index (χ1) is 5.79. The predicted octanol–water partition coefficient (Wildman–Crippen LogP) is 1.67. The lowest BCUT2D eigenvalue weighted by Crippen LogP contribution is -2.01. The Morgan fingerprint density at radius 2 is 2.08 bits per heavy atom. The van der Waals surface area contributed by atoms with Gasteiger partial charge in [-0.05, 0) is 12.1 Å². The summed E-state index contributed by atoms with van der Waals surface area (Å²) in [6.07, 6.45) is 1.50. The molecule has 1 aromatic heterocycles. The van der Waals surface area contributed by atoms with Gasteiger partial charge in [-0.3, -0.25) is 4.79 Å². The Morgan fingerprint density at radius 3 is 2.83 bits per heavy atom. The molecule has 1 aromatic carbocycles. The summed E-state index contributed by atoms with van der Waals surface area (Å²) in [4.78, 5) is 13.9. The molecule has 0 saturated heterocycles. The average molecular weight is 163 g/mol. The van der Waals surface area contributed by atoms with Crippen molar-refractivity contribution < 1.29 is 4.39 Å². The molecule has 0 amide bonds. The summed E-state index contributed by atoms with van der Waals surface area (Å²) in [7, 11) is 0. The number of halogens is 1. The van der Waals surface area contributed by atoms with Gasteiger partial charge >= 0.3 is 0 Å². The molecule has 0 radical (unpaired) electrons. The summed E-state index contributed by atoms with van der Waals surface area (Å²) >= 11 is 0. The highest BCUT2D eigenvalue weighted by Crippen LogP contribution is 2.09. The molecule has 0 bridgehead atoms. The molecular formula is C9H6FNO. The number of benzene rings is 1. The Morgan fingerprint density at radius 1 is 1.25 bits per heavy atom. The van der Waals surface area contributed by atoms with E-state index in [1.54, 1.807) is 12.1 Å². The average Bonchev–Trinajstić information content (AvgIpc) is 2.04. The summed E-state index contributed by atoms with van der Waals surface area (Å²) in [6.45, 7) is 0. The third-order valence-corrected chi connectivity index (χ3v) is 1.73. The van der Waals surface area contributed by atoms with Crippen molar-refractivity contribution in [2.24, 2.45) is 0 Å². The van der Waals surface area contributed by atoms with E-state index in [4.69, 9.17) is 0 Å². The highest BCUT2D eigenvalue weighted by atomic mass is 19.1. The maximum Gasteiger partial charge on any atom is 0.192 e. The summed E-state index contributed by atoms with van der Waals surface area (Å²) in [6, 6.07) is 5.82. The van der Waals surface area contributed by atoms with Crippen LogP contribution in [0.4, 0.5) is 4.39 Å². The molecule has 2 nitrogen and oxygen atoms in total. The standard InChI is InChI=1S/C9H6FNO/c10-6-2-1-3-7-9(6)8(12)4-5-11-7/h1-5H,(H,11,12). The zero-order chi connectivity index (χ0) is 8.55. The van der Waals surface area contributed by atoms with Gasteiger partial charge in [0.2, 0.25) is 0 Å². The number of pyridine rings is 1. The highest BCUT2D eigenvalue weighted by Gasteiger charge is 2.01. The topological polar surface area (TPSA) is 32.9 Å². The van der Waals surface area contributed by atoms with E-state index < -0.39 is 5.82 Å². The molecule has 1 heterocycles. The third kappa shape index (κ3) is 0.906. The lowest BCUT2D eigenvalue weighted by molar-refractivity contribution is 0.639. The zero-order valence-corrected chi connectivity index (χ0v) is 6.17. The van der Waals surface area contributed by atoms with E-state index in [9.17, 15) is 9.18 Å². The Balaban J connectivity index is 3.07. The number of hydrogen-bond donors (Lipinski definition) is 1. The van der Waals surface area contributed by atoms with Crippen LogP contribution in [-0.2, 0) is 0 Å². The van der Waals surface area contributed by atoms with E-state index in [1.165, 1.54) is 18.3 Å². The van der Waals surface area contributed by atoms with Crippen LogP contribution in [0.3, 0.4) is 0 Å². The van der Waals surface area contributed by atoms with E-state index in [-0.39, 0.29) is 10.8 Å². The van der Waals surface area contributed by atoms with Crippen molar-refractivity contribution in [1.29, 1.82) is 0 Å². The molecule has 0 unspecified atom stereocenters. The number of rotatable bonds is 0. The van der Waals surface area contributed by atoms with E-state index in [1.807, 2.05) is 0 Å². The summed E-state index contributed by atoms with van der Waals surface area (Å²) in [5.41, 5.74) is 0.240. The predicted molar refractivity (Wildman–Crippen MR) is 44.5 cm³/mol. The van der Waals surface area contributed by atoms with Crippen LogP contribution in [0.5, 0.6) is 0 Å². The van der Waals surface area contributed by atoms with Gasteiger partial charge in [-0.25, -0.2) is 4.39 Å². The van der Waals surface area contributed by atoms with Gasteiger partial charge in [0.15, 0.2) is 5.43 Å². The Hall–Kier alpha value is -1.64. The van der Waals surface area contributed by atoms with Gasteiger partial charge < -0.3 is 4.98 Å². The second kappa shape index (κ2) is 2.44. The third-order valence-electron chi connectivity index (χ3n) is 1.73. The lowest BCUT2D eigenvalue weighted by atomic mass is 10.2. The second-order valence-electron chi connectivity index (χ2n) is 2.50. The van der Waals surface area contributed by atoms with Crippen LogP contribution in [0.15, 0.2) is 35.3 Å². The minimum absolute atomic E-state index is 0.125. The summed E-state index contributed by atoms with van der Waals surface area (Å²) in [5.74, 6) is -0.477. The molecule has 2 aromatic rings. The fraction of sp³-hybridized carbons (Fsp3) is 0. The fourth-order valence-corrected chi connectivity index (χ4v) is 1.19. The molecule has 0 saturated carbocycles. The largest absolute Gasteiger partial charge is 0.361 e. The van der Waals surface area contributed by atoms with Crippen molar-refractivity contribution in [3.8, 4) is 0 Å².